The minimum absolute atomic E-state index is 0.0812. The van der Waals surface area contributed by atoms with Gasteiger partial charge in [-0.3, -0.25) is 13.9 Å². The number of nitrogens with one attached hydrogen (secondary N) is 1. The summed E-state index contributed by atoms with van der Waals surface area (Å²) in [6.07, 6.45) is 1.16. The van der Waals surface area contributed by atoms with Gasteiger partial charge in [0.25, 0.3) is 0 Å². The highest BCUT2D eigenvalue weighted by molar-refractivity contribution is 7.92. The SMILES string of the molecule is COc1ccc(Cl)cc1N(CC(=O)N(Cc1ccc(Cl)cc1Cl)[C@@H](Cc1ccccc1)C(=O)NC(C)C)S(C)(=O)=O. The molecule has 8 nitrogen and oxygen atoms in total. The van der Waals surface area contributed by atoms with E-state index in [1.807, 2.05) is 44.2 Å². The van der Waals surface area contributed by atoms with Gasteiger partial charge in [-0.1, -0.05) is 71.2 Å². The van der Waals surface area contributed by atoms with Crippen LogP contribution in [-0.4, -0.2) is 57.1 Å². The molecule has 41 heavy (non-hydrogen) atoms. The van der Waals surface area contributed by atoms with E-state index in [-0.39, 0.29) is 35.5 Å². The molecule has 0 aliphatic rings. The molecule has 0 spiro atoms. The number of nitrogens with zero attached hydrogens (tertiary/aromatic N) is 2. The smallest absolute Gasteiger partial charge is 0.244 e. The number of benzene rings is 3. The number of carbonyl (C=O) groups is 2. The lowest BCUT2D eigenvalue weighted by Gasteiger charge is -2.34. The van der Waals surface area contributed by atoms with Gasteiger partial charge >= 0.3 is 0 Å². The minimum Gasteiger partial charge on any atom is -0.495 e. The van der Waals surface area contributed by atoms with Crippen molar-refractivity contribution < 1.29 is 22.7 Å². The van der Waals surface area contributed by atoms with E-state index < -0.39 is 34.4 Å². The molecule has 0 saturated carbocycles. The maximum atomic E-state index is 14.2. The Morgan fingerprint density at radius 1 is 0.951 bits per heavy atom. The molecule has 220 valence electrons. The lowest BCUT2D eigenvalue weighted by Crippen LogP contribution is -2.54. The lowest BCUT2D eigenvalue weighted by molar-refractivity contribution is -0.140. The fraction of sp³-hybridized carbons (Fsp3) is 0.310. The Balaban J connectivity index is 2.13. The van der Waals surface area contributed by atoms with E-state index in [2.05, 4.69) is 5.32 Å². The molecule has 3 rings (SSSR count). The van der Waals surface area contributed by atoms with E-state index >= 15 is 0 Å². The molecule has 0 saturated heterocycles. The Labute approximate surface area is 256 Å². The molecule has 0 fully saturated rings. The molecule has 0 bridgehead atoms. The van der Waals surface area contributed by atoms with E-state index in [0.717, 1.165) is 16.1 Å². The van der Waals surface area contributed by atoms with Crippen LogP contribution in [0.25, 0.3) is 0 Å². The number of anilines is 1. The molecule has 0 radical (unpaired) electrons. The number of carbonyl (C=O) groups excluding carboxylic acids is 2. The van der Waals surface area contributed by atoms with Crippen molar-refractivity contribution in [3.05, 3.63) is 92.9 Å². The van der Waals surface area contributed by atoms with E-state index in [1.165, 1.54) is 24.1 Å². The maximum absolute atomic E-state index is 14.2. The summed E-state index contributed by atoms with van der Waals surface area (Å²) in [5.41, 5.74) is 1.44. The topological polar surface area (TPSA) is 96.0 Å². The van der Waals surface area contributed by atoms with Crippen LogP contribution in [-0.2, 0) is 32.6 Å². The first kappa shape index (κ1) is 32.5. The van der Waals surface area contributed by atoms with Crippen molar-refractivity contribution in [2.24, 2.45) is 0 Å². The number of ether oxygens (including phenoxy) is 1. The van der Waals surface area contributed by atoms with Gasteiger partial charge in [0.1, 0.15) is 18.3 Å². The van der Waals surface area contributed by atoms with Gasteiger partial charge in [0.05, 0.1) is 19.1 Å². The highest BCUT2D eigenvalue weighted by Gasteiger charge is 2.34. The van der Waals surface area contributed by atoms with Crippen LogP contribution in [0.15, 0.2) is 66.7 Å². The van der Waals surface area contributed by atoms with Crippen molar-refractivity contribution in [3.63, 3.8) is 0 Å². The monoisotopic (exact) mass is 639 g/mol. The summed E-state index contributed by atoms with van der Waals surface area (Å²) >= 11 is 18.8. The lowest BCUT2D eigenvalue weighted by atomic mass is 10.0. The Bertz CT molecular complexity index is 1490. The molecule has 2 amide bonds. The van der Waals surface area contributed by atoms with E-state index in [9.17, 15) is 18.0 Å². The summed E-state index contributed by atoms with van der Waals surface area (Å²) in [5.74, 6) is -0.824. The zero-order valence-electron chi connectivity index (χ0n) is 23.1. The van der Waals surface area contributed by atoms with E-state index in [0.29, 0.717) is 15.6 Å². The van der Waals surface area contributed by atoms with Gasteiger partial charge in [-0.2, -0.15) is 0 Å². The molecular formula is C29H32Cl3N3O5S. The molecule has 0 aliphatic carbocycles. The molecule has 0 unspecified atom stereocenters. The molecule has 0 heterocycles. The second-order valence-electron chi connectivity index (χ2n) is 9.71. The molecule has 0 aliphatic heterocycles. The first-order valence-electron chi connectivity index (χ1n) is 12.7. The van der Waals surface area contributed by atoms with Gasteiger partial charge < -0.3 is 15.0 Å². The number of hydrogen-bond acceptors (Lipinski definition) is 5. The van der Waals surface area contributed by atoms with Crippen LogP contribution in [0.3, 0.4) is 0 Å². The molecule has 0 aromatic heterocycles. The van der Waals surface area contributed by atoms with E-state index in [4.69, 9.17) is 39.5 Å². The summed E-state index contributed by atoms with van der Waals surface area (Å²) in [6.45, 7) is 2.93. The van der Waals surface area contributed by atoms with Crippen molar-refractivity contribution in [2.45, 2.75) is 38.9 Å². The second kappa shape index (κ2) is 14.3. The highest BCUT2D eigenvalue weighted by atomic mass is 35.5. The molecule has 3 aromatic rings. The van der Waals surface area contributed by atoms with Crippen molar-refractivity contribution in [1.29, 1.82) is 0 Å². The fourth-order valence-corrected chi connectivity index (χ4v) is 5.70. The van der Waals surface area contributed by atoms with Crippen molar-refractivity contribution in [2.75, 3.05) is 24.2 Å². The normalized spacial score (nSPS) is 12.1. The summed E-state index contributed by atoms with van der Waals surface area (Å²) in [6, 6.07) is 17.3. The average Bonchev–Trinajstić information content (AvgIpc) is 2.89. The third-order valence-electron chi connectivity index (χ3n) is 6.15. The zero-order chi connectivity index (χ0) is 30.3. The third-order valence-corrected chi connectivity index (χ3v) is 8.10. The van der Waals surface area contributed by atoms with Gasteiger partial charge in [0.15, 0.2) is 0 Å². The fourth-order valence-electron chi connectivity index (χ4n) is 4.22. The van der Waals surface area contributed by atoms with Crippen molar-refractivity contribution in [3.8, 4) is 5.75 Å². The standard InChI is InChI=1S/C29H32Cl3N3O5S/c1-19(2)33-29(37)26(14-20-8-6-5-7-9-20)34(17-21-10-11-22(30)15-24(21)32)28(36)18-35(41(4,38)39)25-16-23(31)12-13-27(25)40-3/h5-13,15-16,19,26H,14,17-18H2,1-4H3,(H,33,37)/t26-/m0/s1. The van der Waals surface area contributed by atoms with Crippen LogP contribution in [0.2, 0.25) is 15.1 Å². The molecule has 12 heteroatoms. The highest BCUT2D eigenvalue weighted by Crippen LogP contribution is 2.33. The van der Waals surface area contributed by atoms with Gasteiger partial charge in [-0.25, -0.2) is 8.42 Å². The van der Waals surface area contributed by atoms with Gasteiger partial charge in [-0.05, 0) is 55.3 Å². The number of rotatable bonds is 12. The number of hydrogen-bond donors (Lipinski definition) is 1. The van der Waals surface area contributed by atoms with E-state index in [1.54, 1.807) is 24.3 Å². The Kier molecular flexibility index (Phi) is 11.3. The van der Waals surface area contributed by atoms with Crippen molar-refractivity contribution in [1.82, 2.24) is 10.2 Å². The van der Waals surface area contributed by atoms with Crippen LogP contribution in [0.5, 0.6) is 5.75 Å². The largest absolute Gasteiger partial charge is 0.495 e. The van der Waals surface area contributed by atoms with Crippen LogP contribution >= 0.6 is 34.8 Å². The summed E-state index contributed by atoms with van der Waals surface area (Å²) in [5, 5.41) is 3.86. The van der Waals surface area contributed by atoms with Crippen LogP contribution < -0.4 is 14.4 Å². The number of amides is 2. The van der Waals surface area contributed by atoms with Crippen molar-refractivity contribution >= 4 is 62.3 Å². The predicted molar refractivity (Wildman–Crippen MR) is 164 cm³/mol. The molecule has 1 atom stereocenters. The molecule has 1 N–H and O–H groups in total. The van der Waals surface area contributed by atoms with Gasteiger partial charge in [0, 0.05) is 34.1 Å². The molecular weight excluding hydrogens is 609 g/mol. The third kappa shape index (κ3) is 9.00. The Morgan fingerprint density at radius 3 is 2.17 bits per heavy atom. The Morgan fingerprint density at radius 2 is 1.59 bits per heavy atom. The number of methoxy groups -OCH3 is 1. The number of sulfonamides is 1. The quantitative estimate of drug-likeness (QED) is 0.279. The summed E-state index contributed by atoms with van der Waals surface area (Å²) in [7, 11) is -2.62. The van der Waals surface area contributed by atoms with Crippen LogP contribution in [0.1, 0.15) is 25.0 Å². The average molecular weight is 641 g/mol. The van der Waals surface area contributed by atoms with Gasteiger partial charge in [-0.15, -0.1) is 0 Å². The van der Waals surface area contributed by atoms with Gasteiger partial charge in [0.2, 0.25) is 21.8 Å². The van der Waals surface area contributed by atoms with Crippen LogP contribution in [0, 0.1) is 0 Å². The molecule has 3 aromatic carbocycles. The van der Waals surface area contributed by atoms with Crippen LogP contribution in [0.4, 0.5) is 5.69 Å². The number of halogens is 3. The maximum Gasteiger partial charge on any atom is 0.244 e. The first-order chi connectivity index (χ1) is 19.3. The Hall–Kier alpha value is -2.98. The zero-order valence-corrected chi connectivity index (χ0v) is 26.2. The minimum atomic E-state index is -4.00. The first-order valence-corrected chi connectivity index (χ1v) is 15.7. The predicted octanol–water partition coefficient (Wildman–Crippen LogP) is 5.59. The second-order valence-corrected chi connectivity index (χ2v) is 12.9. The summed E-state index contributed by atoms with van der Waals surface area (Å²) < 4.78 is 32.3. The summed E-state index contributed by atoms with van der Waals surface area (Å²) in [4.78, 5) is 29.1.